The van der Waals surface area contributed by atoms with E-state index in [1.54, 1.807) is 44.3 Å². The quantitative estimate of drug-likeness (QED) is 0.905. The van der Waals surface area contributed by atoms with Crippen molar-refractivity contribution in [3.63, 3.8) is 0 Å². The number of hydrogen-bond donors (Lipinski definition) is 2. The van der Waals surface area contributed by atoms with Crippen LogP contribution in [-0.2, 0) is 10.0 Å². The van der Waals surface area contributed by atoms with E-state index < -0.39 is 16.1 Å². The number of aliphatic hydroxyl groups is 1. The van der Waals surface area contributed by atoms with Gasteiger partial charge in [0.2, 0.25) is 0 Å². The van der Waals surface area contributed by atoms with Crippen LogP contribution in [0.4, 0.5) is 5.69 Å². The SMILES string of the molecule is Cc1ncccc1NS(=O)(=O)c1ccc(C(C)O)cc1. The van der Waals surface area contributed by atoms with E-state index in [2.05, 4.69) is 9.71 Å². The van der Waals surface area contributed by atoms with Crippen LogP contribution in [0.25, 0.3) is 0 Å². The van der Waals surface area contributed by atoms with Gasteiger partial charge < -0.3 is 5.11 Å². The van der Waals surface area contributed by atoms with Crippen molar-refractivity contribution in [1.29, 1.82) is 0 Å². The van der Waals surface area contributed by atoms with Crippen LogP contribution >= 0.6 is 0 Å². The minimum absolute atomic E-state index is 0.144. The van der Waals surface area contributed by atoms with Crippen molar-refractivity contribution in [3.05, 3.63) is 53.9 Å². The summed E-state index contributed by atoms with van der Waals surface area (Å²) >= 11 is 0. The second-order valence-corrected chi connectivity index (χ2v) is 6.17. The zero-order valence-electron chi connectivity index (χ0n) is 11.2. The number of aromatic nitrogens is 1. The predicted octanol–water partition coefficient (Wildman–Crippen LogP) is 2.24. The Bertz CT molecular complexity index is 695. The molecule has 1 unspecified atom stereocenters. The Hall–Kier alpha value is -1.92. The summed E-state index contributed by atoms with van der Waals surface area (Å²) in [6, 6.07) is 9.45. The lowest BCUT2D eigenvalue weighted by atomic mass is 10.1. The second kappa shape index (κ2) is 5.60. The van der Waals surface area contributed by atoms with Crippen LogP contribution in [-0.4, -0.2) is 18.5 Å². The average molecular weight is 292 g/mol. The first-order valence-corrected chi connectivity index (χ1v) is 7.61. The molecule has 0 aliphatic heterocycles. The number of benzene rings is 1. The van der Waals surface area contributed by atoms with E-state index in [1.807, 2.05) is 0 Å². The summed E-state index contributed by atoms with van der Waals surface area (Å²) < 4.78 is 27.0. The summed E-state index contributed by atoms with van der Waals surface area (Å²) in [5.41, 5.74) is 1.73. The lowest BCUT2D eigenvalue weighted by molar-refractivity contribution is 0.199. The molecule has 2 aromatic rings. The van der Waals surface area contributed by atoms with E-state index in [-0.39, 0.29) is 4.90 Å². The summed E-state index contributed by atoms with van der Waals surface area (Å²) in [6.45, 7) is 3.36. The fourth-order valence-corrected chi connectivity index (χ4v) is 2.84. The van der Waals surface area contributed by atoms with Gasteiger partial charge in [-0.3, -0.25) is 9.71 Å². The van der Waals surface area contributed by atoms with Crippen molar-refractivity contribution in [2.24, 2.45) is 0 Å². The molecule has 0 radical (unpaired) electrons. The van der Waals surface area contributed by atoms with E-state index in [1.165, 1.54) is 12.1 Å². The molecule has 0 saturated carbocycles. The summed E-state index contributed by atoms with van der Waals surface area (Å²) in [5.74, 6) is 0. The van der Waals surface area contributed by atoms with E-state index in [0.29, 0.717) is 16.9 Å². The highest BCUT2D eigenvalue weighted by Gasteiger charge is 2.15. The lowest BCUT2D eigenvalue weighted by Gasteiger charge is -2.11. The van der Waals surface area contributed by atoms with E-state index >= 15 is 0 Å². The van der Waals surface area contributed by atoms with Crippen molar-refractivity contribution in [2.75, 3.05) is 4.72 Å². The van der Waals surface area contributed by atoms with Gasteiger partial charge in [0.1, 0.15) is 0 Å². The minimum atomic E-state index is -3.65. The monoisotopic (exact) mass is 292 g/mol. The summed E-state index contributed by atoms with van der Waals surface area (Å²) in [7, 11) is -3.65. The van der Waals surface area contributed by atoms with Crippen molar-refractivity contribution >= 4 is 15.7 Å². The fourth-order valence-electron chi connectivity index (χ4n) is 1.72. The van der Waals surface area contributed by atoms with Crippen LogP contribution in [0.3, 0.4) is 0 Å². The van der Waals surface area contributed by atoms with Gasteiger partial charge in [0.25, 0.3) is 10.0 Å². The molecule has 0 saturated heterocycles. The topological polar surface area (TPSA) is 79.3 Å². The first-order valence-electron chi connectivity index (χ1n) is 6.12. The van der Waals surface area contributed by atoms with Gasteiger partial charge in [-0.1, -0.05) is 12.1 Å². The molecule has 20 heavy (non-hydrogen) atoms. The van der Waals surface area contributed by atoms with Crippen LogP contribution in [0.15, 0.2) is 47.5 Å². The normalized spacial score (nSPS) is 12.9. The van der Waals surface area contributed by atoms with Crippen LogP contribution in [0.5, 0.6) is 0 Å². The van der Waals surface area contributed by atoms with Crippen molar-refractivity contribution < 1.29 is 13.5 Å². The van der Waals surface area contributed by atoms with E-state index in [9.17, 15) is 13.5 Å². The minimum Gasteiger partial charge on any atom is -0.389 e. The molecule has 0 bridgehead atoms. The zero-order chi connectivity index (χ0) is 14.8. The largest absolute Gasteiger partial charge is 0.389 e. The molecule has 2 rings (SSSR count). The number of anilines is 1. The van der Waals surface area contributed by atoms with Gasteiger partial charge in [-0.25, -0.2) is 8.42 Å². The average Bonchev–Trinajstić information content (AvgIpc) is 2.41. The third-order valence-corrected chi connectivity index (χ3v) is 4.31. The number of aryl methyl sites for hydroxylation is 1. The van der Waals surface area contributed by atoms with Gasteiger partial charge in [-0.2, -0.15) is 0 Å². The second-order valence-electron chi connectivity index (χ2n) is 4.49. The zero-order valence-corrected chi connectivity index (χ0v) is 12.1. The van der Waals surface area contributed by atoms with Crippen molar-refractivity contribution in [2.45, 2.75) is 24.8 Å². The summed E-state index contributed by atoms with van der Waals surface area (Å²) in [4.78, 5) is 4.18. The first-order chi connectivity index (χ1) is 9.40. The molecule has 0 aliphatic rings. The molecule has 0 amide bonds. The van der Waals surface area contributed by atoms with Gasteiger partial charge in [0.15, 0.2) is 0 Å². The number of aliphatic hydroxyl groups excluding tert-OH is 1. The van der Waals surface area contributed by atoms with E-state index in [0.717, 1.165) is 0 Å². The Morgan fingerprint density at radius 2 is 1.85 bits per heavy atom. The Labute approximate surface area is 118 Å². The molecular weight excluding hydrogens is 276 g/mol. The molecule has 1 heterocycles. The van der Waals surface area contributed by atoms with Gasteiger partial charge in [-0.05, 0) is 43.7 Å². The number of sulfonamides is 1. The highest BCUT2D eigenvalue weighted by atomic mass is 32.2. The molecule has 5 nitrogen and oxygen atoms in total. The molecule has 2 N–H and O–H groups in total. The van der Waals surface area contributed by atoms with Gasteiger partial charge in [0.05, 0.1) is 22.4 Å². The van der Waals surface area contributed by atoms with Crippen molar-refractivity contribution in [1.82, 2.24) is 4.98 Å². The summed E-state index contributed by atoms with van der Waals surface area (Å²) in [6.07, 6.45) is 0.977. The maximum atomic E-state index is 12.2. The highest BCUT2D eigenvalue weighted by Crippen LogP contribution is 2.20. The Morgan fingerprint density at radius 1 is 1.20 bits per heavy atom. The molecule has 1 aromatic heterocycles. The van der Waals surface area contributed by atoms with Crippen LogP contribution in [0.1, 0.15) is 24.3 Å². The molecule has 106 valence electrons. The molecule has 1 aromatic carbocycles. The van der Waals surface area contributed by atoms with Gasteiger partial charge in [0, 0.05) is 6.20 Å². The Kier molecular flexibility index (Phi) is 4.06. The Morgan fingerprint density at radius 3 is 2.40 bits per heavy atom. The van der Waals surface area contributed by atoms with Crippen LogP contribution in [0, 0.1) is 6.92 Å². The standard InChI is InChI=1S/C14H16N2O3S/c1-10-14(4-3-9-15-10)16-20(18,19)13-7-5-12(6-8-13)11(2)17/h3-9,11,16-17H,1-2H3. The Balaban J connectivity index is 2.29. The predicted molar refractivity (Wildman–Crippen MR) is 76.9 cm³/mol. The van der Waals surface area contributed by atoms with Gasteiger partial charge >= 0.3 is 0 Å². The smallest absolute Gasteiger partial charge is 0.261 e. The maximum absolute atomic E-state index is 12.2. The molecule has 0 aliphatic carbocycles. The molecule has 1 atom stereocenters. The number of nitrogens with zero attached hydrogens (tertiary/aromatic N) is 1. The number of pyridine rings is 1. The van der Waals surface area contributed by atoms with Gasteiger partial charge in [-0.15, -0.1) is 0 Å². The molecular formula is C14H16N2O3S. The number of nitrogens with one attached hydrogen (secondary N) is 1. The van der Waals surface area contributed by atoms with Crippen molar-refractivity contribution in [3.8, 4) is 0 Å². The fraction of sp³-hybridized carbons (Fsp3) is 0.214. The number of hydrogen-bond acceptors (Lipinski definition) is 4. The molecule has 6 heteroatoms. The van der Waals surface area contributed by atoms with Crippen LogP contribution < -0.4 is 4.72 Å². The van der Waals surface area contributed by atoms with E-state index in [4.69, 9.17) is 0 Å². The molecule has 0 fully saturated rings. The number of rotatable bonds is 4. The molecule has 0 spiro atoms. The lowest BCUT2D eigenvalue weighted by Crippen LogP contribution is -2.14. The first kappa shape index (κ1) is 14.5. The van der Waals surface area contributed by atoms with Crippen LogP contribution in [0.2, 0.25) is 0 Å². The highest BCUT2D eigenvalue weighted by molar-refractivity contribution is 7.92. The third kappa shape index (κ3) is 3.15. The summed E-state index contributed by atoms with van der Waals surface area (Å²) in [5, 5.41) is 9.42. The maximum Gasteiger partial charge on any atom is 0.261 e. The third-order valence-electron chi connectivity index (χ3n) is 2.92.